The molecule has 18 heavy (non-hydrogen) atoms. The molecule has 0 aromatic heterocycles. The molecular weight excluding hydrogens is 232 g/mol. The Morgan fingerprint density at radius 2 is 1.89 bits per heavy atom. The molecule has 1 saturated heterocycles. The predicted molar refractivity (Wildman–Crippen MR) is 69.5 cm³/mol. The molecule has 1 fully saturated rings. The minimum atomic E-state index is -0.304. The van der Waals surface area contributed by atoms with Crippen LogP contribution in [0.2, 0.25) is 0 Å². The molecule has 5 heteroatoms. The monoisotopic (exact) mass is 256 g/mol. The summed E-state index contributed by atoms with van der Waals surface area (Å²) in [4.78, 5) is 34.7. The van der Waals surface area contributed by atoms with E-state index in [-0.39, 0.29) is 23.6 Å². The van der Waals surface area contributed by atoms with Crippen LogP contribution in [0.1, 0.15) is 52.9 Å². The maximum Gasteiger partial charge on any atom is 0.232 e. The highest BCUT2D eigenvalue weighted by Gasteiger charge is 2.34. The number of unbranched alkanes of at least 4 members (excludes halogenated alkanes) is 2. The number of amides is 3. The third-order valence-electron chi connectivity index (χ3n) is 2.77. The van der Waals surface area contributed by atoms with Gasteiger partial charge in [-0.2, -0.15) is 0 Å². The fourth-order valence-electron chi connectivity index (χ4n) is 1.83. The molecule has 1 rings (SSSR count). The average molecular weight is 256 g/mol. The van der Waals surface area contributed by atoms with Gasteiger partial charge in [0.25, 0.3) is 0 Å². The van der Waals surface area contributed by atoms with Gasteiger partial charge in [-0.3, -0.25) is 19.3 Å². The summed E-state index contributed by atoms with van der Waals surface area (Å²) in [7, 11) is 0. The summed E-state index contributed by atoms with van der Waals surface area (Å²) in [6.45, 7) is 6.24. The van der Waals surface area contributed by atoms with Gasteiger partial charge in [0.1, 0.15) is 0 Å². The summed E-state index contributed by atoms with van der Waals surface area (Å²) in [5, 5.41) is 0. The standard InChI is InChI=1S/C11H18N2O3.C2H6/c1-8-7-10(15)13(11(8)16)6-4-2-3-5-9(12)14;1-2/h8H,2-7H2,1H3,(H2,12,14);1-2H3. The van der Waals surface area contributed by atoms with Crippen LogP contribution in [0.5, 0.6) is 0 Å². The Morgan fingerprint density at radius 3 is 2.33 bits per heavy atom. The van der Waals surface area contributed by atoms with E-state index in [4.69, 9.17) is 5.73 Å². The molecule has 1 unspecified atom stereocenters. The molecule has 104 valence electrons. The van der Waals surface area contributed by atoms with Crippen LogP contribution < -0.4 is 5.73 Å². The van der Waals surface area contributed by atoms with Crippen molar-refractivity contribution in [3.63, 3.8) is 0 Å². The highest BCUT2D eigenvalue weighted by atomic mass is 16.2. The van der Waals surface area contributed by atoms with E-state index in [1.165, 1.54) is 4.90 Å². The minimum Gasteiger partial charge on any atom is -0.370 e. The Balaban J connectivity index is 0.00000137. The molecule has 3 amide bonds. The van der Waals surface area contributed by atoms with Crippen LogP contribution in [0, 0.1) is 5.92 Å². The Bertz CT molecular complexity index is 303. The number of imide groups is 1. The van der Waals surface area contributed by atoms with Crippen LogP contribution in [-0.4, -0.2) is 29.2 Å². The van der Waals surface area contributed by atoms with Crippen molar-refractivity contribution in [1.29, 1.82) is 0 Å². The zero-order valence-electron chi connectivity index (χ0n) is 11.6. The summed E-state index contributed by atoms with van der Waals surface area (Å²) in [6.07, 6.45) is 2.99. The number of nitrogens with zero attached hydrogens (tertiary/aromatic N) is 1. The van der Waals surface area contributed by atoms with Crippen LogP contribution >= 0.6 is 0 Å². The van der Waals surface area contributed by atoms with Crippen molar-refractivity contribution >= 4 is 17.7 Å². The second kappa shape index (κ2) is 8.66. The van der Waals surface area contributed by atoms with Crippen molar-refractivity contribution < 1.29 is 14.4 Å². The summed E-state index contributed by atoms with van der Waals surface area (Å²) < 4.78 is 0. The van der Waals surface area contributed by atoms with Crippen LogP contribution in [0.25, 0.3) is 0 Å². The van der Waals surface area contributed by atoms with E-state index in [0.29, 0.717) is 19.4 Å². The molecule has 0 spiro atoms. The Kier molecular flexibility index (Phi) is 8.00. The molecule has 0 saturated carbocycles. The molecule has 1 heterocycles. The first-order chi connectivity index (χ1) is 8.52. The molecule has 2 N–H and O–H groups in total. The molecular formula is C13H24N2O3. The number of primary amides is 1. The maximum atomic E-state index is 11.5. The van der Waals surface area contributed by atoms with Crippen molar-refractivity contribution in [2.45, 2.75) is 52.9 Å². The minimum absolute atomic E-state index is 0.0695. The van der Waals surface area contributed by atoms with Gasteiger partial charge < -0.3 is 5.73 Å². The Labute approximate surface area is 109 Å². The molecule has 0 aromatic carbocycles. The normalized spacial score (nSPS) is 18.6. The van der Waals surface area contributed by atoms with E-state index in [0.717, 1.165) is 19.3 Å². The quantitative estimate of drug-likeness (QED) is 0.577. The lowest BCUT2D eigenvalue weighted by molar-refractivity contribution is -0.139. The maximum absolute atomic E-state index is 11.5. The van der Waals surface area contributed by atoms with Crippen molar-refractivity contribution in [3.05, 3.63) is 0 Å². The first-order valence-corrected chi connectivity index (χ1v) is 6.65. The molecule has 0 bridgehead atoms. The Morgan fingerprint density at radius 1 is 1.28 bits per heavy atom. The van der Waals surface area contributed by atoms with E-state index in [1.807, 2.05) is 13.8 Å². The van der Waals surface area contributed by atoms with Crippen molar-refractivity contribution in [3.8, 4) is 0 Å². The SMILES string of the molecule is CC.CC1CC(=O)N(CCCCCC(N)=O)C1=O. The van der Waals surface area contributed by atoms with E-state index < -0.39 is 0 Å². The van der Waals surface area contributed by atoms with Gasteiger partial charge >= 0.3 is 0 Å². The lowest BCUT2D eigenvalue weighted by Gasteiger charge is -2.13. The van der Waals surface area contributed by atoms with Crippen LogP contribution in [0.3, 0.4) is 0 Å². The van der Waals surface area contributed by atoms with Crippen molar-refractivity contribution in [2.75, 3.05) is 6.54 Å². The lowest BCUT2D eigenvalue weighted by Crippen LogP contribution is -2.31. The number of rotatable bonds is 6. The zero-order chi connectivity index (χ0) is 14.1. The van der Waals surface area contributed by atoms with Gasteiger partial charge in [0.2, 0.25) is 17.7 Å². The number of carbonyl (C=O) groups excluding carboxylic acids is 3. The van der Waals surface area contributed by atoms with E-state index in [9.17, 15) is 14.4 Å². The molecule has 1 aliphatic rings. The summed E-state index contributed by atoms with van der Waals surface area (Å²) in [5.41, 5.74) is 5.00. The molecule has 5 nitrogen and oxygen atoms in total. The molecule has 0 aromatic rings. The molecule has 1 aliphatic heterocycles. The number of likely N-dealkylation sites (tertiary alicyclic amines) is 1. The molecule has 1 atom stereocenters. The number of carbonyl (C=O) groups is 3. The number of hydrogen-bond acceptors (Lipinski definition) is 3. The summed E-state index contributed by atoms with van der Waals surface area (Å²) >= 11 is 0. The third kappa shape index (κ3) is 5.29. The predicted octanol–water partition coefficient (Wildman–Crippen LogP) is 1.45. The van der Waals surface area contributed by atoms with Gasteiger partial charge in [0, 0.05) is 25.3 Å². The number of nitrogens with two attached hydrogens (primary N) is 1. The van der Waals surface area contributed by atoms with Gasteiger partial charge in [-0.05, 0) is 12.8 Å². The fraction of sp³-hybridized carbons (Fsp3) is 0.769. The first kappa shape index (κ1) is 16.6. The van der Waals surface area contributed by atoms with Crippen LogP contribution in [-0.2, 0) is 14.4 Å². The lowest BCUT2D eigenvalue weighted by atomic mass is 10.1. The zero-order valence-corrected chi connectivity index (χ0v) is 11.6. The van der Waals surface area contributed by atoms with Crippen molar-refractivity contribution in [2.24, 2.45) is 11.7 Å². The molecule has 0 radical (unpaired) electrons. The topological polar surface area (TPSA) is 80.5 Å². The van der Waals surface area contributed by atoms with Gasteiger partial charge in [0.05, 0.1) is 0 Å². The van der Waals surface area contributed by atoms with Crippen LogP contribution in [0.15, 0.2) is 0 Å². The smallest absolute Gasteiger partial charge is 0.232 e. The average Bonchev–Trinajstić information content (AvgIpc) is 2.57. The van der Waals surface area contributed by atoms with E-state index in [1.54, 1.807) is 6.92 Å². The van der Waals surface area contributed by atoms with Gasteiger partial charge in [-0.1, -0.05) is 27.2 Å². The summed E-state index contributed by atoms with van der Waals surface area (Å²) in [5.74, 6) is -0.618. The largest absolute Gasteiger partial charge is 0.370 e. The third-order valence-corrected chi connectivity index (χ3v) is 2.77. The van der Waals surface area contributed by atoms with E-state index >= 15 is 0 Å². The first-order valence-electron chi connectivity index (χ1n) is 6.65. The van der Waals surface area contributed by atoms with Crippen LogP contribution in [0.4, 0.5) is 0 Å². The van der Waals surface area contributed by atoms with Crippen molar-refractivity contribution in [1.82, 2.24) is 4.90 Å². The van der Waals surface area contributed by atoms with Gasteiger partial charge in [0.15, 0.2) is 0 Å². The highest BCUT2D eigenvalue weighted by Crippen LogP contribution is 2.19. The fourth-order valence-corrected chi connectivity index (χ4v) is 1.83. The summed E-state index contributed by atoms with van der Waals surface area (Å²) in [6, 6.07) is 0. The highest BCUT2D eigenvalue weighted by molar-refractivity contribution is 6.03. The van der Waals surface area contributed by atoms with Gasteiger partial charge in [-0.15, -0.1) is 0 Å². The molecule has 0 aliphatic carbocycles. The van der Waals surface area contributed by atoms with Gasteiger partial charge in [-0.25, -0.2) is 0 Å². The second-order valence-electron chi connectivity index (χ2n) is 4.27. The number of hydrogen-bond donors (Lipinski definition) is 1. The van der Waals surface area contributed by atoms with E-state index in [2.05, 4.69) is 0 Å². The Hall–Kier alpha value is -1.39. The second-order valence-corrected chi connectivity index (χ2v) is 4.27.